The molecule has 2 aromatic rings. The summed E-state index contributed by atoms with van der Waals surface area (Å²) in [6.07, 6.45) is 1.95. The molecule has 124 valence electrons. The van der Waals surface area contributed by atoms with E-state index in [-0.39, 0.29) is 12.2 Å². The lowest BCUT2D eigenvalue weighted by atomic mass is 9.86. The highest BCUT2D eigenvalue weighted by Gasteiger charge is 2.36. The van der Waals surface area contributed by atoms with Crippen LogP contribution in [0, 0.1) is 5.92 Å². The van der Waals surface area contributed by atoms with Gasteiger partial charge in [-0.15, -0.1) is 0 Å². The summed E-state index contributed by atoms with van der Waals surface area (Å²) in [6, 6.07) is 17.9. The summed E-state index contributed by atoms with van der Waals surface area (Å²) in [5.74, 6) is 0.519. The van der Waals surface area contributed by atoms with E-state index in [1.807, 2.05) is 54.6 Å². The summed E-state index contributed by atoms with van der Waals surface area (Å²) in [6.45, 7) is 3.16. The number of piperidine rings is 3. The standard InChI is InChI=1S/C20H22N2O2/c23-20(24-19-14-22-12-10-16(19)11-13-22)21-18-9-5-4-8-17(18)15-6-2-1-3-7-15/h1-9,16,19H,10-14H2,(H,21,23)/t19-/m0/s1. The number of carbonyl (C=O) groups is 1. The van der Waals surface area contributed by atoms with Crippen LogP contribution >= 0.6 is 0 Å². The van der Waals surface area contributed by atoms with E-state index in [4.69, 9.17) is 4.74 Å². The molecule has 5 rings (SSSR count). The third-order valence-corrected chi connectivity index (χ3v) is 5.10. The van der Waals surface area contributed by atoms with E-state index in [0.29, 0.717) is 5.92 Å². The molecule has 0 radical (unpaired) electrons. The molecule has 3 saturated heterocycles. The topological polar surface area (TPSA) is 41.6 Å². The molecule has 0 spiro atoms. The van der Waals surface area contributed by atoms with Gasteiger partial charge in [0.05, 0.1) is 5.69 Å². The molecule has 1 atom stereocenters. The van der Waals surface area contributed by atoms with Gasteiger partial charge in [-0.05, 0) is 43.5 Å². The third-order valence-electron chi connectivity index (χ3n) is 5.10. The van der Waals surface area contributed by atoms with Crippen LogP contribution in [0.2, 0.25) is 0 Å². The number of ether oxygens (including phenoxy) is 1. The fourth-order valence-electron chi connectivity index (χ4n) is 3.78. The van der Waals surface area contributed by atoms with Gasteiger partial charge in [0, 0.05) is 12.1 Å². The molecule has 0 aliphatic carbocycles. The van der Waals surface area contributed by atoms with Gasteiger partial charge in [0.1, 0.15) is 6.10 Å². The number of fused-ring (bicyclic) bond motifs is 3. The number of hydrogen-bond donors (Lipinski definition) is 1. The summed E-state index contributed by atoms with van der Waals surface area (Å²) in [4.78, 5) is 14.8. The molecule has 1 N–H and O–H groups in total. The first-order valence-corrected chi connectivity index (χ1v) is 8.64. The van der Waals surface area contributed by atoms with Crippen molar-refractivity contribution in [3.63, 3.8) is 0 Å². The Morgan fingerprint density at radius 3 is 2.42 bits per heavy atom. The summed E-state index contributed by atoms with van der Waals surface area (Å²) in [5, 5.41) is 2.94. The lowest BCUT2D eigenvalue weighted by Gasteiger charge is -2.43. The van der Waals surface area contributed by atoms with E-state index in [1.54, 1.807) is 0 Å². The lowest BCUT2D eigenvalue weighted by molar-refractivity contribution is -0.0289. The van der Waals surface area contributed by atoms with E-state index >= 15 is 0 Å². The maximum atomic E-state index is 12.4. The average Bonchev–Trinajstić information content (AvgIpc) is 2.64. The van der Waals surface area contributed by atoms with Crippen molar-refractivity contribution in [2.75, 3.05) is 25.0 Å². The molecular formula is C20H22N2O2. The van der Waals surface area contributed by atoms with Gasteiger partial charge in [-0.2, -0.15) is 0 Å². The Morgan fingerprint density at radius 2 is 1.71 bits per heavy atom. The number of nitrogens with one attached hydrogen (secondary N) is 1. The molecule has 0 aromatic heterocycles. The maximum absolute atomic E-state index is 12.4. The number of amides is 1. The van der Waals surface area contributed by atoms with Crippen molar-refractivity contribution in [2.45, 2.75) is 18.9 Å². The fourth-order valence-corrected chi connectivity index (χ4v) is 3.78. The van der Waals surface area contributed by atoms with E-state index in [2.05, 4.69) is 10.2 Å². The number of benzene rings is 2. The highest BCUT2D eigenvalue weighted by molar-refractivity contribution is 5.91. The molecule has 0 saturated carbocycles. The molecular weight excluding hydrogens is 300 g/mol. The van der Waals surface area contributed by atoms with E-state index in [0.717, 1.165) is 49.3 Å². The summed E-state index contributed by atoms with van der Waals surface area (Å²) >= 11 is 0. The molecule has 4 nitrogen and oxygen atoms in total. The van der Waals surface area contributed by atoms with Crippen LogP contribution in [-0.4, -0.2) is 36.7 Å². The van der Waals surface area contributed by atoms with Crippen LogP contribution in [0.5, 0.6) is 0 Å². The van der Waals surface area contributed by atoms with Gasteiger partial charge in [0.2, 0.25) is 0 Å². The molecule has 0 unspecified atom stereocenters. The monoisotopic (exact) mass is 322 g/mol. The number of anilines is 1. The molecule has 24 heavy (non-hydrogen) atoms. The first kappa shape index (κ1) is 15.2. The number of carbonyl (C=O) groups excluding carboxylic acids is 1. The van der Waals surface area contributed by atoms with Crippen molar-refractivity contribution < 1.29 is 9.53 Å². The fraction of sp³-hybridized carbons (Fsp3) is 0.350. The minimum Gasteiger partial charge on any atom is -0.444 e. The Hall–Kier alpha value is -2.33. The van der Waals surface area contributed by atoms with Crippen LogP contribution in [0.1, 0.15) is 12.8 Å². The summed E-state index contributed by atoms with van der Waals surface area (Å²) in [7, 11) is 0. The zero-order chi connectivity index (χ0) is 16.4. The van der Waals surface area contributed by atoms with Crippen molar-refractivity contribution in [3.05, 3.63) is 54.6 Å². The first-order valence-electron chi connectivity index (χ1n) is 8.64. The Balaban J connectivity index is 1.47. The predicted octanol–water partition coefficient (Wildman–Crippen LogP) is 4.00. The van der Waals surface area contributed by atoms with E-state index in [1.165, 1.54) is 0 Å². The zero-order valence-corrected chi connectivity index (χ0v) is 13.7. The van der Waals surface area contributed by atoms with Crippen LogP contribution in [0.4, 0.5) is 10.5 Å². The van der Waals surface area contributed by atoms with Gasteiger partial charge in [-0.3, -0.25) is 10.2 Å². The minimum absolute atomic E-state index is 0.0244. The number of para-hydroxylation sites is 1. The van der Waals surface area contributed by atoms with Crippen LogP contribution < -0.4 is 5.32 Å². The van der Waals surface area contributed by atoms with Crippen molar-refractivity contribution in [3.8, 4) is 11.1 Å². The molecule has 3 aliphatic rings. The Bertz CT molecular complexity index is 709. The number of hydrogen-bond acceptors (Lipinski definition) is 3. The second-order valence-electron chi connectivity index (χ2n) is 6.62. The maximum Gasteiger partial charge on any atom is 0.411 e. The van der Waals surface area contributed by atoms with Gasteiger partial charge in [-0.1, -0.05) is 48.5 Å². The summed E-state index contributed by atoms with van der Waals surface area (Å²) in [5.41, 5.74) is 2.87. The van der Waals surface area contributed by atoms with Crippen molar-refractivity contribution in [2.24, 2.45) is 5.92 Å². The van der Waals surface area contributed by atoms with E-state index < -0.39 is 0 Å². The van der Waals surface area contributed by atoms with Gasteiger partial charge >= 0.3 is 6.09 Å². The molecule has 1 amide bonds. The van der Waals surface area contributed by atoms with Gasteiger partial charge < -0.3 is 4.74 Å². The average molecular weight is 322 g/mol. The van der Waals surface area contributed by atoms with Crippen molar-refractivity contribution >= 4 is 11.8 Å². The Morgan fingerprint density at radius 1 is 1.00 bits per heavy atom. The molecule has 2 aromatic carbocycles. The van der Waals surface area contributed by atoms with Gasteiger partial charge in [0.15, 0.2) is 0 Å². The lowest BCUT2D eigenvalue weighted by Crippen LogP contribution is -2.52. The zero-order valence-electron chi connectivity index (χ0n) is 13.7. The predicted molar refractivity (Wildman–Crippen MR) is 94.9 cm³/mol. The second-order valence-corrected chi connectivity index (χ2v) is 6.62. The molecule has 2 bridgehead atoms. The molecule has 3 aliphatic heterocycles. The van der Waals surface area contributed by atoms with Crippen LogP contribution in [0.3, 0.4) is 0 Å². The smallest absolute Gasteiger partial charge is 0.411 e. The van der Waals surface area contributed by atoms with Gasteiger partial charge in [-0.25, -0.2) is 4.79 Å². The third kappa shape index (κ3) is 3.15. The van der Waals surface area contributed by atoms with Crippen LogP contribution in [-0.2, 0) is 4.74 Å². The number of rotatable bonds is 3. The number of nitrogens with zero attached hydrogens (tertiary/aromatic N) is 1. The van der Waals surface area contributed by atoms with Crippen LogP contribution in [0.25, 0.3) is 11.1 Å². The molecule has 4 heteroatoms. The molecule has 3 heterocycles. The van der Waals surface area contributed by atoms with Crippen molar-refractivity contribution in [1.29, 1.82) is 0 Å². The summed E-state index contributed by atoms with van der Waals surface area (Å²) < 4.78 is 5.73. The minimum atomic E-state index is -0.350. The highest BCUT2D eigenvalue weighted by Crippen LogP contribution is 2.31. The normalized spacial score (nSPS) is 25.2. The van der Waals surface area contributed by atoms with E-state index in [9.17, 15) is 4.79 Å². The largest absolute Gasteiger partial charge is 0.444 e. The molecule has 3 fully saturated rings. The Labute approximate surface area is 142 Å². The van der Waals surface area contributed by atoms with Crippen molar-refractivity contribution in [1.82, 2.24) is 4.90 Å². The first-order chi connectivity index (χ1) is 11.8. The quantitative estimate of drug-likeness (QED) is 0.929. The highest BCUT2D eigenvalue weighted by atomic mass is 16.6. The Kier molecular flexibility index (Phi) is 4.22. The van der Waals surface area contributed by atoms with Crippen LogP contribution in [0.15, 0.2) is 54.6 Å². The SMILES string of the molecule is O=C(Nc1ccccc1-c1ccccc1)O[C@H]1CN2CCC1CC2. The second kappa shape index (κ2) is 6.65. The van der Waals surface area contributed by atoms with Gasteiger partial charge in [0.25, 0.3) is 0 Å².